The molecule has 1 aliphatic rings. The molecule has 4 N–H and O–H groups in total. The van der Waals surface area contributed by atoms with Gasteiger partial charge in [0.25, 0.3) is 0 Å². The summed E-state index contributed by atoms with van der Waals surface area (Å²) in [5.74, 6) is 0.124. The number of anilines is 2. The van der Waals surface area contributed by atoms with Crippen LogP contribution in [0.1, 0.15) is 12.8 Å². The summed E-state index contributed by atoms with van der Waals surface area (Å²) < 4.78 is 0. The second-order valence-electron chi connectivity index (χ2n) is 4.79. The number of carbonyl (C=O) groups excluding carboxylic acids is 1. The molecule has 0 saturated carbocycles. The molecule has 1 saturated heterocycles. The first kappa shape index (κ1) is 11.8. The van der Waals surface area contributed by atoms with Gasteiger partial charge in [-0.3, -0.25) is 9.78 Å². The number of nitrogen functional groups attached to an aromatic ring is 1. The number of para-hydroxylation sites is 1. The number of hydrogen-bond acceptors (Lipinski definition) is 4. The fraction of sp³-hybridized carbons (Fsp3) is 0.286. The van der Waals surface area contributed by atoms with E-state index in [0.717, 1.165) is 23.0 Å². The lowest BCUT2D eigenvalue weighted by molar-refractivity contribution is -0.119. The Kier molecular flexibility index (Phi) is 2.95. The topological polar surface area (TPSA) is 80.0 Å². The minimum absolute atomic E-state index is 0.124. The smallest absolute Gasteiger partial charge is 0.220 e. The zero-order valence-corrected chi connectivity index (χ0v) is 10.5. The van der Waals surface area contributed by atoms with Gasteiger partial charge in [0, 0.05) is 24.4 Å². The third kappa shape index (κ3) is 2.31. The van der Waals surface area contributed by atoms with E-state index in [1.165, 1.54) is 0 Å². The van der Waals surface area contributed by atoms with Crippen LogP contribution in [0, 0.1) is 0 Å². The summed E-state index contributed by atoms with van der Waals surface area (Å²) in [5, 5.41) is 7.28. The molecule has 5 heteroatoms. The van der Waals surface area contributed by atoms with Gasteiger partial charge in [-0.1, -0.05) is 18.2 Å². The molecule has 1 aromatic carbocycles. The first-order valence-corrected chi connectivity index (χ1v) is 6.40. The molecule has 0 radical (unpaired) electrons. The molecule has 1 aromatic heterocycles. The molecule has 1 amide bonds. The second kappa shape index (κ2) is 4.76. The first-order valence-electron chi connectivity index (χ1n) is 6.40. The predicted octanol–water partition coefficient (Wildman–Crippen LogP) is 1.51. The van der Waals surface area contributed by atoms with E-state index in [-0.39, 0.29) is 11.9 Å². The summed E-state index contributed by atoms with van der Waals surface area (Å²) in [6.45, 7) is 0.684. The molecule has 1 unspecified atom stereocenters. The van der Waals surface area contributed by atoms with Gasteiger partial charge in [0.2, 0.25) is 5.91 Å². The van der Waals surface area contributed by atoms with Crippen LogP contribution in [0.3, 0.4) is 0 Å². The van der Waals surface area contributed by atoms with Crippen molar-refractivity contribution in [3.05, 3.63) is 30.5 Å². The summed E-state index contributed by atoms with van der Waals surface area (Å²) in [4.78, 5) is 15.5. The lowest BCUT2D eigenvalue weighted by Gasteiger charge is -2.15. The zero-order chi connectivity index (χ0) is 13.2. The first-order chi connectivity index (χ1) is 9.24. The number of nitrogens with two attached hydrogens (primary N) is 1. The molecule has 0 aliphatic carbocycles. The van der Waals surface area contributed by atoms with Gasteiger partial charge in [0.05, 0.1) is 23.1 Å². The summed E-state index contributed by atoms with van der Waals surface area (Å²) in [5.41, 5.74) is 8.42. The van der Waals surface area contributed by atoms with E-state index in [0.29, 0.717) is 18.7 Å². The van der Waals surface area contributed by atoms with Gasteiger partial charge in [-0.05, 0) is 12.5 Å². The van der Waals surface area contributed by atoms with Gasteiger partial charge < -0.3 is 16.4 Å². The van der Waals surface area contributed by atoms with Gasteiger partial charge >= 0.3 is 0 Å². The molecule has 3 rings (SSSR count). The molecule has 19 heavy (non-hydrogen) atoms. The number of rotatable bonds is 3. The molecular formula is C14H16N4O. The molecule has 1 atom stereocenters. The Morgan fingerprint density at radius 1 is 1.42 bits per heavy atom. The van der Waals surface area contributed by atoms with Crippen LogP contribution >= 0.6 is 0 Å². The number of nitrogens with zero attached hydrogens (tertiary/aromatic N) is 1. The maximum Gasteiger partial charge on any atom is 0.220 e. The van der Waals surface area contributed by atoms with Crippen molar-refractivity contribution in [1.29, 1.82) is 0 Å². The highest BCUT2D eigenvalue weighted by Crippen LogP contribution is 2.27. The summed E-state index contributed by atoms with van der Waals surface area (Å²) in [6, 6.07) is 8.04. The van der Waals surface area contributed by atoms with Crippen LogP contribution in [0.25, 0.3) is 10.9 Å². The Labute approximate surface area is 111 Å². The van der Waals surface area contributed by atoms with Gasteiger partial charge in [-0.15, -0.1) is 0 Å². The van der Waals surface area contributed by atoms with Crippen molar-refractivity contribution in [2.75, 3.05) is 17.6 Å². The normalized spacial score (nSPS) is 18.5. The molecule has 2 heterocycles. The molecule has 5 nitrogen and oxygen atoms in total. The van der Waals surface area contributed by atoms with Crippen LogP contribution in [0.2, 0.25) is 0 Å². The Morgan fingerprint density at radius 3 is 3.05 bits per heavy atom. The van der Waals surface area contributed by atoms with Crippen molar-refractivity contribution in [3.8, 4) is 0 Å². The highest BCUT2D eigenvalue weighted by molar-refractivity contribution is 5.96. The van der Waals surface area contributed by atoms with Crippen molar-refractivity contribution < 1.29 is 4.79 Å². The van der Waals surface area contributed by atoms with Crippen molar-refractivity contribution >= 4 is 28.2 Å². The molecule has 98 valence electrons. The van der Waals surface area contributed by atoms with E-state index >= 15 is 0 Å². The Morgan fingerprint density at radius 2 is 2.26 bits per heavy atom. The molecule has 0 spiro atoms. The van der Waals surface area contributed by atoms with Crippen LogP contribution in [0.4, 0.5) is 11.4 Å². The van der Waals surface area contributed by atoms with E-state index in [1.807, 2.05) is 24.3 Å². The monoisotopic (exact) mass is 256 g/mol. The van der Waals surface area contributed by atoms with Crippen molar-refractivity contribution in [3.63, 3.8) is 0 Å². The molecular weight excluding hydrogens is 240 g/mol. The number of amides is 1. The second-order valence-corrected chi connectivity index (χ2v) is 4.79. The number of aromatic nitrogens is 1. The standard InChI is InChI=1S/C14H16N4O/c15-11-8-16-12-4-2-1-3-10(12)14(11)17-7-9-5-6-13(19)18-9/h1-4,8-9H,5-7,15H2,(H,16,17)(H,18,19). The number of hydrogen-bond donors (Lipinski definition) is 3. The third-order valence-corrected chi connectivity index (χ3v) is 3.41. The maximum absolute atomic E-state index is 11.2. The SMILES string of the molecule is Nc1cnc2ccccc2c1NCC1CCC(=O)N1. The number of fused-ring (bicyclic) bond motifs is 1. The van der Waals surface area contributed by atoms with Crippen LogP contribution in [-0.4, -0.2) is 23.5 Å². The highest BCUT2D eigenvalue weighted by atomic mass is 16.1. The summed E-state index contributed by atoms with van der Waals surface area (Å²) in [6.07, 6.45) is 3.14. The van der Waals surface area contributed by atoms with Crippen LogP contribution in [-0.2, 0) is 4.79 Å². The van der Waals surface area contributed by atoms with Crippen LogP contribution < -0.4 is 16.4 Å². The van der Waals surface area contributed by atoms with E-state index < -0.39 is 0 Å². The van der Waals surface area contributed by atoms with Gasteiger partial charge in [0.1, 0.15) is 0 Å². The molecule has 1 aliphatic heterocycles. The van der Waals surface area contributed by atoms with Gasteiger partial charge in [-0.2, -0.15) is 0 Å². The quantitative estimate of drug-likeness (QED) is 0.777. The average molecular weight is 256 g/mol. The highest BCUT2D eigenvalue weighted by Gasteiger charge is 2.20. The van der Waals surface area contributed by atoms with E-state index in [1.54, 1.807) is 6.20 Å². The minimum atomic E-state index is 0.124. The predicted molar refractivity (Wildman–Crippen MR) is 75.8 cm³/mol. The van der Waals surface area contributed by atoms with Crippen LogP contribution in [0.5, 0.6) is 0 Å². The summed E-state index contributed by atoms with van der Waals surface area (Å²) in [7, 11) is 0. The lowest BCUT2D eigenvalue weighted by Crippen LogP contribution is -2.32. The molecule has 1 fully saturated rings. The largest absolute Gasteiger partial charge is 0.396 e. The lowest BCUT2D eigenvalue weighted by atomic mass is 10.1. The number of carbonyl (C=O) groups is 1. The zero-order valence-electron chi connectivity index (χ0n) is 10.5. The fourth-order valence-electron chi connectivity index (χ4n) is 2.41. The fourth-order valence-corrected chi connectivity index (χ4v) is 2.41. The third-order valence-electron chi connectivity index (χ3n) is 3.41. The maximum atomic E-state index is 11.2. The molecule has 0 bridgehead atoms. The Bertz CT molecular complexity index is 626. The van der Waals surface area contributed by atoms with E-state index in [9.17, 15) is 4.79 Å². The van der Waals surface area contributed by atoms with E-state index in [2.05, 4.69) is 15.6 Å². The van der Waals surface area contributed by atoms with Crippen LogP contribution in [0.15, 0.2) is 30.5 Å². The van der Waals surface area contributed by atoms with Crippen molar-refractivity contribution in [1.82, 2.24) is 10.3 Å². The van der Waals surface area contributed by atoms with Gasteiger partial charge in [-0.25, -0.2) is 0 Å². The average Bonchev–Trinajstić information content (AvgIpc) is 2.83. The van der Waals surface area contributed by atoms with E-state index in [4.69, 9.17) is 5.73 Å². The minimum Gasteiger partial charge on any atom is -0.396 e. The number of pyridine rings is 1. The Balaban J connectivity index is 1.83. The number of nitrogens with one attached hydrogen (secondary N) is 2. The molecule has 2 aromatic rings. The number of benzene rings is 1. The van der Waals surface area contributed by atoms with Gasteiger partial charge in [0.15, 0.2) is 0 Å². The summed E-state index contributed by atoms with van der Waals surface area (Å²) >= 11 is 0. The Hall–Kier alpha value is -2.30. The van der Waals surface area contributed by atoms with Crippen molar-refractivity contribution in [2.24, 2.45) is 0 Å². The van der Waals surface area contributed by atoms with Crippen molar-refractivity contribution in [2.45, 2.75) is 18.9 Å².